The van der Waals surface area contributed by atoms with Crippen LogP contribution in [0.3, 0.4) is 0 Å². The number of ether oxygens (including phenoxy) is 1. The first-order chi connectivity index (χ1) is 8.22. The molecule has 0 unspecified atom stereocenters. The minimum atomic E-state index is -0.934. The molecule has 5 nitrogen and oxygen atoms in total. The van der Waals surface area contributed by atoms with E-state index in [4.69, 9.17) is 4.74 Å². The van der Waals surface area contributed by atoms with Gasteiger partial charge in [-0.15, -0.1) is 0 Å². The summed E-state index contributed by atoms with van der Waals surface area (Å²) < 4.78 is 5.30. The van der Waals surface area contributed by atoms with Crippen LogP contribution in [0.5, 0.6) is 0 Å². The quantitative estimate of drug-likeness (QED) is 0.780. The lowest BCUT2D eigenvalue weighted by atomic mass is 9.90. The third-order valence-corrected chi connectivity index (χ3v) is 3.70. The molecule has 0 bridgehead atoms. The second kappa shape index (κ2) is 4.14. The Labute approximate surface area is 107 Å². The van der Waals surface area contributed by atoms with Gasteiger partial charge < -0.3 is 9.84 Å². The Morgan fingerprint density at radius 2 is 1.89 bits per heavy atom. The van der Waals surface area contributed by atoms with Crippen LogP contribution in [-0.4, -0.2) is 40.3 Å². The van der Waals surface area contributed by atoms with Crippen molar-refractivity contribution in [3.05, 3.63) is 0 Å². The average Bonchev–Trinajstić information content (AvgIpc) is 2.94. The van der Waals surface area contributed by atoms with Gasteiger partial charge in [0, 0.05) is 6.54 Å². The molecule has 1 spiro atoms. The number of likely N-dealkylation sites (tertiary alicyclic amines) is 1. The van der Waals surface area contributed by atoms with E-state index in [0.29, 0.717) is 13.0 Å². The van der Waals surface area contributed by atoms with E-state index < -0.39 is 23.7 Å². The second-order valence-electron chi connectivity index (χ2n) is 6.50. The van der Waals surface area contributed by atoms with Crippen molar-refractivity contribution in [3.63, 3.8) is 0 Å². The molecule has 1 saturated heterocycles. The van der Waals surface area contributed by atoms with Crippen molar-refractivity contribution in [1.29, 1.82) is 0 Å². The summed E-state index contributed by atoms with van der Waals surface area (Å²) in [6.45, 7) is 5.89. The zero-order chi connectivity index (χ0) is 13.6. The Bertz CT molecular complexity index is 368. The van der Waals surface area contributed by atoms with Crippen LogP contribution in [0.25, 0.3) is 0 Å². The van der Waals surface area contributed by atoms with E-state index in [1.54, 1.807) is 20.8 Å². The fraction of sp³-hybridized carbons (Fsp3) is 0.846. The molecule has 1 saturated carbocycles. The van der Waals surface area contributed by atoms with Gasteiger partial charge >= 0.3 is 12.1 Å². The van der Waals surface area contributed by atoms with Gasteiger partial charge in [-0.05, 0) is 51.9 Å². The zero-order valence-electron chi connectivity index (χ0n) is 11.2. The van der Waals surface area contributed by atoms with E-state index in [1.807, 2.05) is 0 Å². The SMILES string of the molecule is CC(C)(C)OC(=O)N1CC2(CC[C@@H]1C(=O)O)CC2. The Kier molecular flexibility index (Phi) is 3.03. The zero-order valence-corrected chi connectivity index (χ0v) is 11.2. The maximum atomic E-state index is 12.1. The predicted molar refractivity (Wildman–Crippen MR) is 65.3 cm³/mol. The number of carbonyl (C=O) groups is 2. The molecule has 18 heavy (non-hydrogen) atoms. The summed E-state index contributed by atoms with van der Waals surface area (Å²) >= 11 is 0. The van der Waals surface area contributed by atoms with Crippen LogP contribution in [0.1, 0.15) is 46.5 Å². The Hall–Kier alpha value is -1.26. The lowest BCUT2D eigenvalue weighted by Crippen LogP contribution is -2.52. The fourth-order valence-electron chi connectivity index (χ4n) is 2.50. The molecule has 1 N–H and O–H groups in total. The highest BCUT2D eigenvalue weighted by Gasteiger charge is 2.51. The highest BCUT2D eigenvalue weighted by atomic mass is 16.6. The first kappa shape index (κ1) is 13.2. The van der Waals surface area contributed by atoms with E-state index in [1.165, 1.54) is 4.90 Å². The lowest BCUT2D eigenvalue weighted by Gasteiger charge is -2.38. The number of rotatable bonds is 1. The number of piperidine rings is 1. The third kappa shape index (κ3) is 2.76. The van der Waals surface area contributed by atoms with Crippen molar-refractivity contribution < 1.29 is 19.4 Å². The molecule has 1 amide bonds. The molecule has 1 atom stereocenters. The van der Waals surface area contributed by atoms with Gasteiger partial charge in [0.2, 0.25) is 0 Å². The predicted octanol–water partition coefficient (Wildman–Crippen LogP) is 2.25. The largest absolute Gasteiger partial charge is 0.480 e. The highest BCUT2D eigenvalue weighted by molar-refractivity contribution is 5.80. The summed E-state index contributed by atoms with van der Waals surface area (Å²) in [6, 6.07) is -0.730. The third-order valence-electron chi connectivity index (χ3n) is 3.70. The van der Waals surface area contributed by atoms with Crippen molar-refractivity contribution in [2.24, 2.45) is 5.41 Å². The molecule has 5 heteroatoms. The van der Waals surface area contributed by atoms with Gasteiger partial charge in [-0.2, -0.15) is 0 Å². The first-order valence-electron chi connectivity index (χ1n) is 6.45. The maximum Gasteiger partial charge on any atom is 0.411 e. The Morgan fingerprint density at radius 1 is 1.28 bits per heavy atom. The number of hydrogen-bond donors (Lipinski definition) is 1. The molecule has 0 radical (unpaired) electrons. The number of hydrogen-bond acceptors (Lipinski definition) is 3. The van der Waals surface area contributed by atoms with Crippen LogP contribution in [0.2, 0.25) is 0 Å². The summed E-state index contributed by atoms with van der Waals surface area (Å²) in [7, 11) is 0. The first-order valence-corrected chi connectivity index (χ1v) is 6.45. The monoisotopic (exact) mass is 255 g/mol. The number of aliphatic carboxylic acids is 1. The molecule has 0 aromatic carbocycles. The Balaban J connectivity index is 2.09. The van der Waals surface area contributed by atoms with Crippen molar-refractivity contribution in [1.82, 2.24) is 4.90 Å². The second-order valence-corrected chi connectivity index (χ2v) is 6.50. The lowest BCUT2D eigenvalue weighted by molar-refractivity contribution is -0.145. The van der Waals surface area contributed by atoms with Crippen LogP contribution >= 0.6 is 0 Å². The van der Waals surface area contributed by atoms with E-state index in [2.05, 4.69) is 0 Å². The van der Waals surface area contributed by atoms with Crippen LogP contribution in [0, 0.1) is 5.41 Å². The fourth-order valence-corrected chi connectivity index (χ4v) is 2.50. The number of nitrogens with zero attached hydrogens (tertiary/aromatic N) is 1. The molecule has 2 fully saturated rings. The molecule has 0 aromatic heterocycles. The highest BCUT2D eigenvalue weighted by Crippen LogP contribution is 2.53. The van der Waals surface area contributed by atoms with Gasteiger partial charge in [-0.1, -0.05) is 0 Å². The van der Waals surface area contributed by atoms with E-state index >= 15 is 0 Å². The molecule has 0 aromatic rings. The van der Waals surface area contributed by atoms with Gasteiger partial charge in [0.15, 0.2) is 0 Å². The van der Waals surface area contributed by atoms with E-state index in [9.17, 15) is 14.7 Å². The number of amides is 1. The van der Waals surface area contributed by atoms with Crippen LogP contribution in [-0.2, 0) is 9.53 Å². The molecule has 1 aliphatic heterocycles. The van der Waals surface area contributed by atoms with Gasteiger partial charge in [-0.3, -0.25) is 4.90 Å². The standard InChI is InChI=1S/C13H21NO4/c1-12(2,3)18-11(17)14-8-13(6-7-13)5-4-9(14)10(15)16/h9H,4-8H2,1-3H3,(H,15,16)/t9-/m1/s1. The van der Waals surface area contributed by atoms with Crippen LogP contribution < -0.4 is 0 Å². The van der Waals surface area contributed by atoms with Crippen molar-refractivity contribution in [3.8, 4) is 0 Å². The number of carbonyl (C=O) groups excluding carboxylic acids is 1. The normalized spacial score (nSPS) is 25.9. The van der Waals surface area contributed by atoms with Crippen molar-refractivity contribution in [2.45, 2.75) is 58.1 Å². The molecule has 1 aliphatic carbocycles. The molecular weight excluding hydrogens is 234 g/mol. The minimum Gasteiger partial charge on any atom is -0.480 e. The molecular formula is C13H21NO4. The molecule has 2 aliphatic rings. The summed E-state index contributed by atoms with van der Waals surface area (Å²) in [5.41, 5.74) is -0.406. The smallest absolute Gasteiger partial charge is 0.411 e. The summed E-state index contributed by atoms with van der Waals surface area (Å²) in [4.78, 5) is 24.7. The van der Waals surface area contributed by atoms with E-state index in [-0.39, 0.29) is 5.41 Å². The maximum absolute atomic E-state index is 12.1. The van der Waals surface area contributed by atoms with Crippen molar-refractivity contribution >= 4 is 12.1 Å². The Morgan fingerprint density at radius 3 is 2.33 bits per heavy atom. The number of carboxylic acids is 1. The molecule has 102 valence electrons. The summed E-state index contributed by atoms with van der Waals surface area (Å²) in [5, 5.41) is 9.20. The van der Waals surface area contributed by atoms with Crippen LogP contribution in [0.4, 0.5) is 4.79 Å². The molecule has 1 heterocycles. The summed E-state index contributed by atoms with van der Waals surface area (Å²) in [5.74, 6) is -0.934. The topological polar surface area (TPSA) is 66.8 Å². The van der Waals surface area contributed by atoms with Crippen LogP contribution in [0.15, 0.2) is 0 Å². The molecule has 2 rings (SSSR count). The average molecular weight is 255 g/mol. The van der Waals surface area contributed by atoms with Gasteiger partial charge in [-0.25, -0.2) is 9.59 Å². The van der Waals surface area contributed by atoms with Crippen molar-refractivity contribution in [2.75, 3.05) is 6.54 Å². The summed E-state index contributed by atoms with van der Waals surface area (Å²) in [6.07, 6.45) is 3.13. The minimum absolute atomic E-state index is 0.183. The number of carboxylic acid groups (broad SMARTS) is 1. The van der Waals surface area contributed by atoms with Gasteiger partial charge in [0.25, 0.3) is 0 Å². The van der Waals surface area contributed by atoms with Gasteiger partial charge in [0.1, 0.15) is 11.6 Å². The van der Waals surface area contributed by atoms with Gasteiger partial charge in [0.05, 0.1) is 0 Å². The van der Waals surface area contributed by atoms with E-state index in [0.717, 1.165) is 19.3 Å².